The number of fused-ring (bicyclic) bond motifs is 4. The van der Waals surface area contributed by atoms with E-state index >= 15 is 0 Å². The molecule has 7 aromatic rings. The molecule has 2 aromatic heterocycles. The highest BCUT2D eigenvalue weighted by atomic mass is 14.9. The monoisotopic (exact) mass is 579 g/mol. The average Bonchev–Trinajstić information content (AvgIpc) is 3.40. The molecule has 0 saturated carbocycles. The van der Waals surface area contributed by atoms with Crippen LogP contribution >= 0.6 is 0 Å². The van der Waals surface area contributed by atoms with Gasteiger partial charge in [-0.25, -0.2) is 9.97 Å². The van der Waals surface area contributed by atoms with Gasteiger partial charge in [-0.15, -0.1) is 0 Å². The van der Waals surface area contributed by atoms with Crippen molar-refractivity contribution in [3.63, 3.8) is 0 Å². The average molecular weight is 580 g/mol. The molecule has 0 amide bonds. The minimum Gasteiger partial charge on any atom is -0.256 e. The summed E-state index contributed by atoms with van der Waals surface area (Å²) in [5, 5.41) is 2.42. The topological polar surface area (TPSA) is 38.7 Å². The molecule has 45 heavy (non-hydrogen) atoms. The van der Waals surface area contributed by atoms with Gasteiger partial charge in [0.2, 0.25) is 0 Å². The van der Waals surface area contributed by atoms with Gasteiger partial charge < -0.3 is 0 Å². The third kappa shape index (κ3) is 4.46. The molecule has 2 heterocycles. The van der Waals surface area contributed by atoms with Crippen LogP contribution in [0.25, 0.3) is 66.8 Å². The summed E-state index contributed by atoms with van der Waals surface area (Å²) in [6.07, 6.45) is 5.96. The number of benzene rings is 5. The summed E-state index contributed by atoms with van der Waals surface area (Å²) in [7, 11) is 0. The second kappa shape index (κ2) is 10.9. The molecule has 5 aromatic carbocycles. The molecule has 0 aliphatic heterocycles. The molecule has 0 spiro atoms. The number of hydrogen-bond acceptors (Lipinski definition) is 3. The van der Waals surface area contributed by atoms with E-state index in [9.17, 15) is 0 Å². The predicted octanol–water partition coefficient (Wildman–Crippen LogP) is 10.8. The van der Waals surface area contributed by atoms with Crippen molar-refractivity contribution >= 4 is 10.8 Å². The van der Waals surface area contributed by atoms with Crippen molar-refractivity contribution in [3.05, 3.63) is 151 Å². The molecular weight excluding hydrogens is 546 g/mol. The molecule has 3 nitrogen and oxygen atoms in total. The fraction of sp³-hybridized carbons (Fsp3) is 0.119. The van der Waals surface area contributed by atoms with Crippen LogP contribution in [0, 0.1) is 0 Å². The van der Waals surface area contributed by atoms with E-state index in [1.54, 1.807) is 0 Å². The SMILES string of the molecule is CCC1(CC)c2cc(-c3cc(-c4ccccc4)cc4ccccc34)ncc2-c2cnc(-c3ccc(-c4ccccc4)cc3)nc21. The molecule has 8 rings (SSSR count). The fourth-order valence-electron chi connectivity index (χ4n) is 7.15. The van der Waals surface area contributed by atoms with Crippen LogP contribution in [0.2, 0.25) is 0 Å². The molecule has 0 N–H and O–H groups in total. The summed E-state index contributed by atoms with van der Waals surface area (Å²) in [5.41, 5.74) is 12.4. The normalized spacial score (nSPS) is 13.0. The number of hydrogen-bond donors (Lipinski definition) is 0. The van der Waals surface area contributed by atoms with Crippen LogP contribution in [-0.4, -0.2) is 15.0 Å². The summed E-state index contributed by atoms with van der Waals surface area (Å²) in [5.74, 6) is 0.766. The number of rotatable bonds is 6. The zero-order valence-corrected chi connectivity index (χ0v) is 25.5. The maximum absolute atomic E-state index is 5.30. The van der Waals surface area contributed by atoms with Gasteiger partial charge in [0.15, 0.2) is 5.82 Å². The first-order valence-electron chi connectivity index (χ1n) is 15.8. The van der Waals surface area contributed by atoms with Crippen LogP contribution < -0.4 is 0 Å². The molecule has 0 radical (unpaired) electrons. The summed E-state index contributed by atoms with van der Waals surface area (Å²) >= 11 is 0. The summed E-state index contributed by atoms with van der Waals surface area (Å²) < 4.78 is 0. The van der Waals surface area contributed by atoms with Crippen LogP contribution in [0.4, 0.5) is 0 Å². The van der Waals surface area contributed by atoms with Gasteiger partial charge in [0.25, 0.3) is 0 Å². The fourth-order valence-corrected chi connectivity index (χ4v) is 7.15. The number of nitrogens with zero attached hydrogens (tertiary/aromatic N) is 3. The molecule has 0 unspecified atom stereocenters. The van der Waals surface area contributed by atoms with Gasteiger partial charge in [-0.3, -0.25) is 4.98 Å². The van der Waals surface area contributed by atoms with Crippen molar-refractivity contribution in [3.8, 4) is 56.0 Å². The Labute approximate surface area is 264 Å². The van der Waals surface area contributed by atoms with Crippen LogP contribution in [0.15, 0.2) is 140 Å². The highest BCUT2D eigenvalue weighted by molar-refractivity contribution is 6.00. The third-order valence-electron chi connectivity index (χ3n) is 9.65. The second-order valence-electron chi connectivity index (χ2n) is 11.9. The highest BCUT2D eigenvalue weighted by Crippen LogP contribution is 2.52. The van der Waals surface area contributed by atoms with Crippen molar-refractivity contribution in [1.29, 1.82) is 0 Å². The Kier molecular flexibility index (Phi) is 6.60. The van der Waals surface area contributed by atoms with Crippen LogP contribution in [0.5, 0.6) is 0 Å². The Morgan fingerprint density at radius 3 is 1.82 bits per heavy atom. The largest absolute Gasteiger partial charge is 0.256 e. The van der Waals surface area contributed by atoms with Gasteiger partial charge in [0.05, 0.1) is 11.4 Å². The van der Waals surface area contributed by atoms with Gasteiger partial charge >= 0.3 is 0 Å². The quantitative estimate of drug-likeness (QED) is 0.197. The molecule has 0 saturated heterocycles. The van der Waals surface area contributed by atoms with Gasteiger partial charge in [-0.2, -0.15) is 0 Å². The van der Waals surface area contributed by atoms with Gasteiger partial charge in [-0.1, -0.05) is 123 Å². The first kappa shape index (κ1) is 27.2. The van der Waals surface area contributed by atoms with Crippen molar-refractivity contribution in [2.75, 3.05) is 0 Å². The molecule has 3 heteroatoms. The van der Waals surface area contributed by atoms with Crippen LogP contribution in [0.1, 0.15) is 37.9 Å². The van der Waals surface area contributed by atoms with E-state index in [0.717, 1.165) is 52.3 Å². The van der Waals surface area contributed by atoms with Crippen molar-refractivity contribution in [1.82, 2.24) is 15.0 Å². The van der Waals surface area contributed by atoms with Crippen LogP contribution in [0.3, 0.4) is 0 Å². The molecule has 0 bridgehead atoms. The molecule has 0 atom stereocenters. The van der Waals surface area contributed by atoms with E-state index in [0.29, 0.717) is 0 Å². The molecule has 1 aliphatic rings. The summed E-state index contributed by atoms with van der Waals surface area (Å²) in [6.45, 7) is 4.56. The highest BCUT2D eigenvalue weighted by Gasteiger charge is 2.43. The minimum absolute atomic E-state index is 0.211. The zero-order chi connectivity index (χ0) is 30.4. The Morgan fingerprint density at radius 1 is 0.511 bits per heavy atom. The first-order valence-corrected chi connectivity index (χ1v) is 15.8. The zero-order valence-electron chi connectivity index (χ0n) is 25.5. The Balaban J connectivity index is 1.24. The smallest absolute Gasteiger partial charge is 0.159 e. The molecule has 1 aliphatic carbocycles. The lowest BCUT2D eigenvalue weighted by atomic mass is 9.76. The lowest BCUT2D eigenvalue weighted by Gasteiger charge is -2.28. The van der Waals surface area contributed by atoms with E-state index < -0.39 is 0 Å². The van der Waals surface area contributed by atoms with Gasteiger partial charge in [-0.05, 0) is 69.6 Å². The lowest BCUT2D eigenvalue weighted by molar-refractivity contribution is 0.477. The van der Waals surface area contributed by atoms with E-state index in [4.69, 9.17) is 15.0 Å². The molecule has 216 valence electrons. The van der Waals surface area contributed by atoms with E-state index in [2.05, 4.69) is 141 Å². The Bertz CT molecular complexity index is 2160. The summed E-state index contributed by atoms with van der Waals surface area (Å²) in [6, 6.07) is 45.2. The second-order valence-corrected chi connectivity index (χ2v) is 11.9. The first-order chi connectivity index (χ1) is 22.2. The molecular formula is C42H33N3. The van der Waals surface area contributed by atoms with Gasteiger partial charge in [0, 0.05) is 40.1 Å². The van der Waals surface area contributed by atoms with Gasteiger partial charge in [0.1, 0.15) is 0 Å². The maximum Gasteiger partial charge on any atom is 0.159 e. The predicted molar refractivity (Wildman–Crippen MR) is 186 cm³/mol. The minimum atomic E-state index is -0.211. The Hall–Kier alpha value is -5.41. The van der Waals surface area contributed by atoms with Crippen LogP contribution in [-0.2, 0) is 5.41 Å². The van der Waals surface area contributed by atoms with Crippen molar-refractivity contribution in [2.24, 2.45) is 0 Å². The lowest BCUT2D eigenvalue weighted by Crippen LogP contribution is -2.25. The van der Waals surface area contributed by atoms with E-state index in [1.165, 1.54) is 38.6 Å². The van der Waals surface area contributed by atoms with Crippen molar-refractivity contribution in [2.45, 2.75) is 32.1 Å². The summed E-state index contributed by atoms with van der Waals surface area (Å²) in [4.78, 5) is 15.3. The number of pyridine rings is 1. The van der Waals surface area contributed by atoms with E-state index in [1.807, 2.05) is 12.3 Å². The standard InChI is InChI=1S/C42H33N3/c1-3-42(4-2)38-25-39(35-24-33(29-15-9-6-10-16-29)23-32-17-11-12-18-34(32)35)43-26-36(38)37-27-44-41(45-40(37)42)31-21-19-30(20-22-31)28-13-7-5-8-14-28/h5-27H,3-4H2,1-2H3. The molecule has 0 fully saturated rings. The van der Waals surface area contributed by atoms with Crippen molar-refractivity contribution < 1.29 is 0 Å². The maximum atomic E-state index is 5.30. The third-order valence-corrected chi connectivity index (χ3v) is 9.65. The van der Waals surface area contributed by atoms with E-state index in [-0.39, 0.29) is 5.41 Å². The number of aromatic nitrogens is 3. The Morgan fingerprint density at radius 2 is 1.11 bits per heavy atom.